The topological polar surface area (TPSA) is 20.3 Å². The molecule has 1 amide bonds. The fourth-order valence-corrected chi connectivity index (χ4v) is 1.90. The number of carbonyl (C=O) groups excluding carboxylic acids is 1. The maximum absolute atomic E-state index is 11.7. The van der Waals surface area contributed by atoms with Crippen LogP contribution in [0.3, 0.4) is 0 Å². The maximum atomic E-state index is 11.7. The predicted molar refractivity (Wildman–Crippen MR) is 73.3 cm³/mol. The van der Waals surface area contributed by atoms with Gasteiger partial charge >= 0.3 is 37.7 Å². The summed E-state index contributed by atoms with van der Waals surface area (Å²) in [6, 6.07) is 0. The standard InChI is InChI=1S/C11H23NOS.Ca.Ti.2H/c1-6-14-11(13)12(7-9(2)3)8-10(4)5;;;;/h9-10H,6-8H2,1-5H3;;;;. The number of hydrogen-bond acceptors (Lipinski definition) is 2. The van der Waals surface area contributed by atoms with Gasteiger partial charge in [0.05, 0.1) is 0 Å². The fraction of sp³-hybridized carbons (Fsp3) is 0.909. The van der Waals surface area contributed by atoms with E-state index in [1.807, 2.05) is 11.8 Å². The fourth-order valence-electron chi connectivity index (χ4n) is 1.32. The molecule has 0 rings (SSSR count). The van der Waals surface area contributed by atoms with Crippen LogP contribution in [0.5, 0.6) is 0 Å². The van der Waals surface area contributed by atoms with Crippen molar-refractivity contribution in [3.63, 3.8) is 0 Å². The van der Waals surface area contributed by atoms with Gasteiger partial charge in [-0.25, -0.2) is 0 Å². The second-order valence-corrected chi connectivity index (χ2v) is 5.61. The van der Waals surface area contributed by atoms with E-state index in [2.05, 4.69) is 27.7 Å². The summed E-state index contributed by atoms with van der Waals surface area (Å²) in [5.74, 6) is 1.97. The first-order chi connectivity index (χ1) is 6.47. The van der Waals surface area contributed by atoms with Crippen molar-refractivity contribution in [2.24, 2.45) is 11.8 Å². The smallest absolute Gasteiger partial charge is 0 e. The third kappa shape index (κ3) is 12.3. The summed E-state index contributed by atoms with van der Waals surface area (Å²) in [4.78, 5) is 13.7. The Balaban J connectivity index is -0.000000845. The molecule has 0 radical (unpaired) electrons. The van der Waals surface area contributed by atoms with Gasteiger partial charge < -0.3 is 4.90 Å². The molecule has 0 spiro atoms. The van der Waals surface area contributed by atoms with E-state index in [0.29, 0.717) is 11.8 Å². The summed E-state index contributed by atoms with van der Waals surface area (Å²) < 4.78 is 0. The van der Waals surface area contributed by atoms with Crippen LogP contribution in [0.25, 0.3) is 0 Å². The van der Waals surface area contributed by atoms with Gasteiger partial charge in [0.2, 0.25) is 0 Å². The summed E-state index contributed by atoms with van der Waals surface area (Å²) in [7, 11) is 0. The third-order valence-corrected chi connectivity index (χ3v) is 2.49. The zero-order chi connectivity index (χ0) is 11.1. The Hall–Kier alpha value is 1.79. The van der Waals surface area contributed by atoms with Gasteiger partial charge in [-0.3, -0.25) is 4.79 Å². The van der Waals surface area contributed by atoms with Crippen LogP contribution in [0.2, 0.25) is 0 Å². The van der Waals surface area contributed by atoms with Gasteiger partial charge in [-0.1, -0.05) is 46.4 Å². The van der Waals surface area contributed by atoms with E-state index in [4.69, 9.17) is 0 Å². The number of carbonyl (C=O) groups is 1. The number of amides is 1. The summed E-state index contributed by atoms with van der Waals surface area (Å²) in [5, 5.41) is 0.231. The van der Waals surface area contributed by atoms with Crippen LogP contribution in [-0.4, -0.2) is 66.7 Å². The van der Waals surface area contributed by atoms with Crippen LogP contribution in [0.15, 0.2) is 0 Å². The van der Waals surface area contributed by atoms with E-state index in [-0.39, 0.29) is 64.7 Å². The van der Waals surface area contributed by atoms with Crippen molar-refractivity contribution >= 4 is 54.7 Å². The Kier molecular flexibility index (Phi) is 19.0. The molecule has 0 unspecified atom stereocenters. The number of thioether (sulfide) groups is 1. The third-order valence-electron chi connectivity index (χ3n) is 1.70. The summed E-state index contributed by atoms with van der Waals surface area (Å²) in [6.45, 7) is 12.4. The van der Waals surface area contributed by atoms with Gasteiger partial charge in [0, 0.05) is 34.8 Å². The minimum Gasteiger partial charge on any atom is 0 e. The van der Waals surface area contributed by atoms with Crippen molar-refractivity contribution in [1.82, 2.24) is 4.90 Å². The molecule has 0 aromatic rings. The number of rotatable bonds is 5. The Morgan fingerprint density at radius 3 is 1.75 bits per heavy atom. The molecule has 16 heavy (non-hydrogen) atoms. The first-order valence-electron chi connectivity index (χ1n) is 5.39. The summed E-state index contributed by atoms with van der Waals surface area (Å²) in [6.07, 6.45) is 0. The van der Waals surface area contributed by atoms with E-state index >= 15 is 0 Å². The zero-order valence-corrected chi connectivity index (χ0v) is 12.9. The molecule has 0 N–H and O–H groups in total. The molecular weight excluding hydrogens is 282 g/mol. The van der Waals surface area contributed by atoms with Crippen LogP contribution in [0, 0.1) is 11.8 Å². The van der Waals surface area contributed by atoms with Crippen LogP contribution in [0.1, 0.15) is 34.6 Å². The van der Waals surface area contributed by atoms with E-state index in [0.717, 1.165) is 18.8 Å². The Bertz CT molecular complexity index is 169. The average molecular weight is 307 g/mol. The zero-order valence-electron chi connectivity index (χ0n) is 10.5. The molecule has 5 heteroatoms. The normalized spacial score (nSPS) is 9.69. The Labute approximate surface area is 150 Å². The van der Waals surface area contributed by atoms with Crippen LogP contribution in [0.4, 0.5) is 4.79 Å². The Morgan fingerprint density at radius 1 is 1.12 bits per heavy atom. The molecule has 0 aromatic heterocycles. The van der Waals surface area contributed by atoms with Crippen molar-refractivity contribution < 1.29 is 26.5 Å². The maximum Gasteiger partial charge on any atom is 0 e. The Morgan fingerprint density at radius 2 is 1.50 bits per heavy atom. The van der Waals surface area contributed by atoms with Crippen molar-refractivity contribution in [2.75, 3.05) is 18.8 Å². The molecule has 0 aliphatic rings. The molecule has 0 bridgehead atoms. The molecule has 92 valence electrons. The van der Waals surface area contributed by atoms with Gasteiger partial charge in [0.1, 0.15) is 0 Å². The van der Waals surface area contributed by atoms with E-state index in [1.54, 1.807) is 0 Å². The minimum atomic E-state index is 0. The monoisotopic (exact) mass is 307 g/mol. The molecule has 0 fully saturated rings. The molecule has 0 atom stereocenters. The van der Waals surface area contributed by atoms with Crippen molar-refractivity contribution in [1.29, 1.82) is 0 Å². The quantitative estimate of drug-likeness (QED) is 0.728. The molecule has 0 aliphatic carbocycles. The summed E-state index contributed by atoms with van der Waals surface area (Å²) >= 11 is 1.41. The van der Waals surface area contributed by atoms with Gasteiger partial charge in [-0.05, 0) is 17.6 Å². The summed E-state index contributed by atoms with van der Waals surface area (Å²) in [5.41, 5.74) is 0. The van der Waals surface area contributed by atoms with Gasteiger partial charge in [0.15, 0.2) is 0 Å². The van der Waals surface area contributed by atoms with Gasteiger partial charge in [0.25, 0.3) is 5.24 Å². The largest absolute Gasteiger partial charge is 0 e. The molecule has 0 aromatic carbocycles. The van der Waals surface area contributed by atoms with E-state index < -0.39 is 0 Å². The van der Waals surface area contributed by atoms with Crippen molar-refractivity contribution in [2.45, 2.75) is 34.6 Å². The first-order valence-corrected chi connectivity index (χ1v) is 6.37. The van der Waals surface area contributed by atoms with E-state index in [1.165, 1.54) is 11.8 Å². The van der Waals surface area contributed by atoms with Crippen LogP contribution >= 0.6 is 11.8 Å². The molecular formula is C11H25CaNOSTi. The van der Waals surface area contributed by atoms with Crippen LogP contribution in [-0.2, 0) is 21.7 Å². The molecule has 0 aliphatic heterocycles. The van der Waals surface area contributed by atoms with Crippen molar-refractivity contribution in [3.05, 3.63) is 0 Å². The van der Waals surface area contributed by atoms with Gasteiger partial charge in [-0.15, -0.1) is 0 Å². The molecule has 0 saturated carbocycles. The minimum absolute atomic E-state index is 0. The average Bonchev–Trinajstić information content (AvgIpc) is 2.01. The molecule has 0 heterocycles. The number of nitrogens with zero attached hydrogens (tertiary/aromatic N) is 1. The van der Waals surface area contributed by atoms with Crippen molar-refractivity contribution in [3.8, 4) is 0 Å². The van der Waals surface area contributed by atoms with Gasteiger partial charge in [-0.2, -0.15) is 0 Å². The molecule has 0 saturated heterocycles. The number of hydrogen-bond donors (Lipinski definition) is 0. The van der Waals surface area contributed by atoms with Crippen LogP contribution < -0.4 is 0 Å². The van der Waals surface area contributed by atoms with E-state index in [9.17, 15) is 4.79 Å². The molecule has 2 nitrogen and oxygen atoms in total. The predicted octanol–water partition coefficient (Wildman–Crippen LogP) is 2.55. The second kappa shape index (κ2) is 13.2. The second-order valence-electron chi connectivity index (χ2n) is 4.39. The SMILES string of the molecule is CCSC(=O)N(CC(C)C)CC(C)C.[CaH2].[Ti]. The first kappa shape index (κ1) is 22.9.